The minimum Gasteiger partial charge on any atom is -0.496 e. The number of benzene rings is 1. The zero-order valence-corrected chi connectivity index (χ0v) is 11.4. The maximum absolute atomic E-state index is 11.7. The number of carbonyl (C=O) groups excluding carboxylic acids is 1. The Hall–Kier alpha value is -1.71. The van der Waals surface area contributed by atoms with Crippen molar-refractivity contribution >= 4 is 11.7 Å². The molecule has 1 aromatic rings. The lowest BCUT2D eigenvalue weighted by Gasteiger charge is -2.17. The number of nitrogens with one attached hydrogen (secondary N) is 1. The Labute approximate surface area is 108 Å². The second kappa shape index (κ2) is 6.89. The first-order chi connectivity index (χ1) is 8.62. The van der Waals surface area contributed by atoms with Crippen LogP contribution in [0.2, 0.25) is 0 Å². The van der Waals surface area contributed by atoms with E-state index >= 15 is 0 Å². The fourth-order valence-corrected chi connectivity index (χ4v) is 1.74. The molecule has 1 atom stereocenters. The maximum atomic E-state index is 11.7. The molecule has 0 fully saturated rings. The molecule has 0 amide bonds. The van der Waals surface area contributed by atoms with Gasteiger partial charge in [0.1, 0.15) is 11.8 Å². The van der Waals surface area contributed by atoms with E-state index in [0.29, 0.717) is 13.0 Å². The average Bonchev–Trinajstić information content (AvgIpc) is 2.36. The fraction of sp³-hybridized carbons (Fsp3) is 0.500. The minimum absolute atomic E-state index is 0.214. The molecule has 4 heteroatoms. The molecule has 0 aliphatic rings. The highest BCUT2D eigenvalue weighted by Crippen LogP contribution is 2.22. The lowest BCUT2D eigenvalue weighted by Crippen LogP contribution is -2.30. The lowest BCUT2D eigenvalue weighted by atomic mass is 10.1. The molecule has 1 aromatic carbocycles. The molecule has 4 nitrogen and oxygen atoms in total. The van der Waals surface area contributed by atoms with Crippen LogP contribution in [0.3, 0.4) is 0 Å². The number of aryl methyl sites for hydroxylation is 1. The fourth-order valence-electron chi connectivity index (χ4n) is 1.74. The van der Waals surface area contributed by atoms with E-state index in [-0.39, 0.29) is 12.0 Å². The van der Waals surface area contributed by atoms with E-state index in [1.165, 1.54) is 0 Å². The number of hydrogen-bond donors (Lipinski definition) is 1. The Kier molecular flexibility index (Phi) is 5.49. The summed E-state index contributed by atoms with van der Waals surface area (Å²) < 4.78 is 10.2. The first-order valence-electron chi connectivity index (χ1n) is 6.20. The summed E-state index contributed by atoms with van der Waals surface area (Å²) in [6, 6.07) is 5.43. The molecule has 0 bridgehead atoms. The Morgan fingerprint density at radius 2 is 2.11 bits per heavy atom. The van der Waals surface area contributed by atoms with E-state index < -0.39 is 0 Å². The first-order valence-corrected chi connectivity index (χ1v) is 6.20. The van der Waals surface area contributed by atoms with Gasteiger partial charge in [-0.15, -0.1) is 0 Å². The SMILES string of the molecule is CCOC(=O)C(CC)Nc1ccc(OC)c(C)c1. The van der Waals surface area contributed by atoms with E-state index in [2.05, 4.69) is 5.32 Å². The van der Waals surface area contributed by atoms with Gasteiger partial charge in [0.25, 0.3) is 0 Å². The highest BCUT2D eigenvalue weighted by Gasteiger charge is 2.17. The van der Waals surface area contributed by atoms with Crippen LogP contribution < -0.4 is 10.1 Å². The summed E-state index contributed by atoms with van der Waals surface area (Å²) in [5.41, 5.74) is 1.93. The van der Waals surface area contributed by atoms with Crippen LogP contribution in [-0.2, 0) is 9.53 Å². The molecule has 0 heterocycles. The van der Waals surface area contributed by atoms with E-state index in [1.807, 2.05) is 39.0 Å². The Bertz CT molecular complexity index is 404. The van der Waals surface area contributed by atoms with Crippen LogP contribution in [0.25, 0.3) is 0 Å². The highest BCUT2D eigenvalue weighted by molar-refractivity contribution is 5.79. The van der Waals surface area contributed by atoms with Gasteiger partial charge in [-0.3, -0.25) is 0 Å². The topological polar surface area (TPSA) is 47.6 Å². The van der Waals surface area contributed by atoms with E-state index in [1.54, 1.807) is 7.11 Å². The monoisotopic (exact) mass is 251 g/mol. The number of ether oxygens (including phenoxy) is 2. The summed E-state index contributed by atoms with van der Waals surface area (Å²) in [5, 5.41) is 3.18. The molecule has 0 saturated carbocycles. The van der Waals surface area contributed by atoms with Crippen molar-refractivity contribution in [3.05, 3.63) is 23.8 Å². The van der Waals surface area contributed by atoms with Crippen LogP contribution >= 0.6 is 0 Å². The summed E-state index contributed by atoms with van der Waals surface area (Å²) in [7, 11) is 1.64. The van der Waals surface area contributed by atoms with Crippen LogP contribution in [0.4, 0.5) is 5.69 Å². The molecular weight excluding hydrogens is 230 g/mol. The zero-order chi connectivity index (χ0) is 13.5. The molecule has 0 saturated heterocycles. The average molecular weight is 251 g/mol. The summed E-state index contributed by atoms with van der Waals surface area (Å²) in [5.74, 6) is 0.623. The Balaban J connectivity index is 2.76. The molecule has 0 aliphatic heterocycles. The molecule has 1 unspecified atom stereocenters. The Morgan fingerprint density at radius 1 is 1.39 bits per heavy atom. The highest BCUT2D eigenvalue weighted by atomic mass is 16.5. The standard InChI is InChI=1S/C14H21NO3/c1-5-12(14(16)18-6-2)15-11-7-8-13(17-4)10(3)9-11/h7-9,12,15H,5-6H2,1-4H3. The Morgan fingerprint density at radius 3 is 2.61 bits per heavy atom. The third-order valence-electron chi connectivity index (χ3n) is 2.72. The largest absolute Gasteiger partial charge is 0.496 e. The second-order valence-electron chi connectivity index (χ2n) is 4.04. The van der Waals surface area contributed by atoms with Gasteiger partial charge in [0.05, 0.1) is 13.7 Å². The van der Waals surface area contributed by atoms with Crippen molar-refractivity contribution in [2.24, 2.45) is 0 Å². The third-order valence-corrected chi connectivity index (χ3v) is 2.72. The minimum atomic E-state index is -0.308. The molecular formula is C14H21NO3. The van der Waals surface area contributed by atoms with Crippen LogP contribution in [0.15, 0.2) is 18.2 Å². The van der Waals surface area contributed by atoms with Gasteiger partial charge in [0.2, 0.25) is 0 Å². The number of esters is 1. The quantitative estimate of drug-likeness (QED) is 0.790. The van der Waals surface area contributed by atoms with Crippen molar-refractivity contribution in [3.63, 3.8) is 0 Å². The molecule has 1 rings (SSSR count). The van der Waals surface area contributed by atoms with Gasteiger partial charge >= 0.3 is 5.97 Å². The molecule has 0 spiro atoms. The molecule has 0 aliphatic carbocycles. The van der Waals surface area contributed by atoms with Crippen molar-refractivity contribution < 1.29 is 14.3 Å². The van der Waals surface area contributed by atoms with E-state index in [0.717, 1.165) is 17.0 Å². The summed E-state index contributed by atoms with van der Waals surface area (Å²) >= 11 is 0. The van der Waals surface area contributed by atoms with Crippen LogP contribution in [0, 0.1) is 6.92 Å². The predicted octanol–water partition coefficient (Wildman–Crippen LogP) is 2.76. The van der Waals surface area contributed by atoms with Gasteiger partial charge in [-0.05, 0) is 44.0 Å². The van der Waals surface area contributed by atoms with E-state index in [4.69, 9.17) is 9.47 Å². The summed E-state index contributed by atoms with van der Waals surface area (Å²) in [6.07, 6.45) is 0.684. The summed E-state index contributed by atoms with van der Waals surface area (Å²) in [4.78, 5) is 11.7. The summed E-state index contributed by atoms with van der Waals surface area (Å²) in [6.45, 7) is 6.13. The number of anilines is 1. The number of rotatable bonds is 6. The predicted molar refractivity (Wildman–Crippen MR) is 72.1 cm³/mol. The van der Waals surface area contributed by atoms with Crippen LogP contribution in [0.5, 0.6) is 5.75 Å². The third kappa shape index (κ3) is 3.65. The van der Waals surface area contributed by atoms with Gasteiger partial charge in [-0.25, -0.2) is 4.79 Å². The first kappa shape index (κ1) is 14.4. The molecule has 100 valence electrons. The van der Waals surface area contributed by atoms with Crippen LogP contribution in [0.1, 0.15) is 25.8 Å². The van der Waals surface area contributed by atoms with Gasteiger partial charge in [-0.1, -0.05) is 6.92 Å². The smallest absolute Gasteiger partial charge is 0.328 e. The molecule has 18 heavy (non-hydrogen) atoms. The maximum Gasteiger partial charge on any atom is 0.328 e. The van der Waals surface area contributed by atoms with Gasteiger partial charge in [0, 0.05) is 5.69 Å². The van der Waals surface area contributed by atoms with Crippen LogP contribution in [-0.4, -0.2) is 25.7 Å². The van der Waals surface area contributed by atoms with Crippen molar-refractivity contribution in [1.29, 1.82) is 0 Å². The second-order valence-corrected chi connectivity index (χ2v) is 4.04. The van der Waals surface area contributed by atoms with Crippen molar-refractivity contribution in [2.45, 2.75) is 33.2 Å². The van der Waals surface area contributed by atoms with Crippen molar-refractivity contribution in [3.8, 4) is 5.75 Å². The lowest BCUT2D eigenvalue weighted by molar-refractivity contribution is -0.144. The normalized spacial score (nSPS) is 11.8. The van der Waals surface area contributed by atoms with Gasteiger partial charge in [0.15, 0.2) is 0 Å². The van der Waals surface area contributed by atoms with Crippen molar-refractivity contribution in [2.75, 3.05) is 19.0 Å². The van der Waals surface area contributed by atoms with E-state index in [9.17, 15) is 4.79 Å². The molecule has 0 aromatic heterocycles. The zero-order valence-electron chi connectivity index (χ0n) is 11.4. The van der Waals surface area contributed by atoms with Gasteiger partial charge in [-0.2, -0.15) is 0 Å². The molecule has 1 N–H and O–H groups in total. The van der Waals surface area contributed by atoms with Crippen molar-refractivity contribution in [1.82, 2.24) is 0 Å². The molecule has 0 radical (unpaired) electrons. The number of carbonyl (C=O) groups is 1. The number of hydrogen-bond acceptors (Lipinski definition) is 4. The van der Waals surface area contributed by atoms with Gasteiger partial charge < -0.3 is 14.8 Å². The number of methoxy groups -OCH3 is 1.